The van der Waals surface area contributed by atoms with Crippen LogP contribution in [0.15, 0.2) is 18.2 Å². The zero-order chi connectivity index (χ0) is 10.1. The molecule has 0 amide bonds. The summed E-state index contributed by atoms with van der Waals surface area (Å²) in [6.07, 6.45) is -4.69. The summed E-state index contributed by atoms with van der Waals surface area (Å²) >= 11 is 0. The molecule has 68 valence electrons. The minimum absolute atomic E-state index is 0.130. The van der Waals surface area contributed by atoms with E-state index < -0.39 is 17.6 Å². The van der Waals surface area contributed by atoms with Crippen LogP contribution < -0.4 is 0 Å². The zero-order valence-electron chi connectivity index (χ0n) is 6.53. The number of alkyl halides is 3. The molecule has 1 rings (SSSR count). The lowest BCUT2D eigenvalue weighted by Gasteiger charge is -2.08. The van der Waals surface area contributed by atoms with Crippen LogP contribution >= 0.6 is 0 Å². The van der Waals surface area contributed by atoms with Crippen LogP contribution in [0.2, 0.25) is 0 Å². The summed E-state index contributed by atoms with van der Waals surface area (Å²) in [6, 6.07) is 2.18. The predicted octanol–water partition coefficient (Wildman–Crippen LogP) is 2.51. The van der Waals surface area contributed by atoms with E-state index in [1.165, 1.54) is 0 Å². The van der Waals surface area contributed by atoms with Gasteiger partial charge in [0.05, 0.1) is 13.4 Å². The predicted molar refractivity (Wildman–Crippen MR) is 40.9 cm³/mol. The lowest BCUT2D eigenvalue weighted by atomic mass is 9.95. The quantitative estimate of drug-likeness (QED) is 0.469. The molecule has 0 heterocycles. The van der Waals surface area contributed by atoms with Crippen molar-refractivity contribution in [2.75, 3.05) is 0 Å². The van der Waals surface area contributed by atoms with Crippen molar-refractivity contribution in [3.63, 3.8) is 0 Å². The Kier molecular flexibility index (Phi) is 2.64. The normalized spacial score (nSPS) is 11.7. The summed E-state index contributed by atoms with van der Waals surface area (Å²) in [7, 11) is 5.06. The fraction of sp³-hybridized carbons (Fsp3) is 0.250. The van der Waals surface area contributed by atoms with Crippen molar-refractivity contribution in [2.45, 2.75) is 12.5 Å². The minimum Gasteiger partial charge on any atom is -0.207 e. The fourth-order valence-corrected chi connectivity index (χ4v) is 0.907. The molecule has 0 fully saturated rings. The van der Waals surface area contributed by atoms with Crippen LogP contribution in [-0.2, 0) is 12.5 Å². The number of halogens is 4. The number of benzene rings is 1. The Morgan fingerprint density at radius 1 is 1.23 bits per heavy atom. The molecule has 5 heteroatoms. The first-order chi connectivity index (χ1) is 5.95. The molecule has 13 heavy (non-hydrogen) atoms. The SMILES string of the molecule is [B]Cc1cc(C(F)(F)F)ccc1F. The van der Waals surface area contributed by atoms with Gasteiger partial charge in [-0.15, -0.1) is 0 Å². The molecule has 0 aliphatic carbocycles. The second kappa shape index (κ2) is 3.40. The second-order valence-electron chi connectivity index (χ2n) is 2.51. The third-order valence-corrected chi connectivity index (χ3v) is 1.59. The fourth-order valence-electron chi connectivity index (χ4n) is 0.907. The second-order valence-corrected chi connectivity index (χ2v) is 2.51. The van der Waals surface area contributed by atoms with E-state index in [-0.39, 0.29) is 11.9 Å². The van der Waals surface area contributed by atoms with E-state index in [4.69, 9.17) is 7.85 Å². The minimum atomic E-state index is -4.45. The van der Waals surface area contributed by atoms with E-state index in [0.29, 0.717) is 6.07 Å². The maximum absolute atomic E-state index is 12.7. The van der Waals surface area contributed by atoms with Gasteiger partial charge in [0.2, 0.25) is 0 Å². The first kappa shape index (κ1) is 10.1. The number of hydrogen-bond acceptors (Lipinski definition) is 0. The van der Waals surface area contributed by atoms with E-state index in [2.05, 4.69) is 0 Å². The van der Waals surface area contributed by atoms with Crippen LogP contribution in [-0.4, -0.2) is 7.85 Å². The molecule has 0 N–H and O–H groups in total. The highest BCUT2D eigenvalue weighted by Gasteiger charge is 2.30. The average molecular weight is 188 g/mol. The smallest absolute Gasteiger partial charge is 0.207 e. The average Bonchev–Trinajstić information content (AvgIpc) is 2.03. The lowest BCUT2D eigenvalue weighted by molar-refractivity contribution is -0.137. The van der Waals surface area contributed by atoms with Gasteiger partial charge in [0.1, 0.15) is 5.82 Å². The Labute approximate surface area is 74.0 Å². The molecule has 0 aliphatic heterocycles. The molecule has 0 nitrogen and oxygen atoms in total. The Balaban J connectivity index is 3.14. The van der Waals surface area contributed by atoms with E-state index in [9.17, 15) is 17.6 Å². The first-order valence-electron chi connectivity index (χ1n) is 3.51. The largest absolute Gasteiger partial charge is 0.416 e. The molecule has 0 spiro atoms. The van der Waals surface area contributed by atoms with E-state index in [1.54, 1.807) is 0 Å². The zero-order valence-corrected chi connectivity index (χ0v) is 6.53. The van der Waals surface area contributed by atoms with Crippen molar-refractivity contribution < 1.29 is 17.6 Å². The summed E-state index contributed by atoms with van der Waals surface area (Å²) < 4.78 is 48.9. The van der Waals surface area contributed by atoms with Gasteiger partial charge in [-0.05, 0) is 23.8 Å². The molecule has 0 aliphatic rings. The standard InChI is InChI=1S/C8H5BF4/c9-4-5-3-6(8(11,12)13)1-2-7(5)10/h1-3H,4H2. The van der Waals surface area contributed by atoms with Crippen molar-refractivity contribution in [2.24, 2.45) is 0 Å². The van der Waals surface area contributed by atoms with Gasteiger partial charge >= 0.3 is 6.18 Å². The summed E-state index contributed by atoms with van der Waals surface area (Å²) in [5, 5.41) is 0. The van der Waals surface area contributed by atoms with Gasteiger partial charge in [-0.1, -0.05) is 6.32 Å². The highest BCUT2D eigenvalue weighted by atomic mass is 19.4. The van der Waals surface area contributed by atoms with Crippen LogP contribution in [0.5, 0.6) is 0 Å². The van der Waals surface area contributed by atoms with Crippen molar-refractivity contribution in [1.29, 1.82) is 0 Å². The number of rotatable bonds is 1. The van der Waals surface area contributed by atoms with Crippen molar-refractivity contribution in [1.82, 2.24) is 0 Å². The Morgan fingerprint density at radius 3 is 2.31 bits per heavy atom. The van der Waals surface area contributed by atoms with Crippen molar-refractivity contribution >= 4 is 7.85 Å². The summed E-state index contributed by atoms with van der Waals surface area (Å²) in [6.45, 7) is 0. The highest BCUT2D eigenvalue weighted by molar-refractivity contribution is 6.08. The molecular formula is C8H5BF4. The molecule has 0 saturated carbocycles. The van der Waals surface area contributed by atoms with Gasteiger partial charge in [-0.3, -0.25) is 0 Å². The summed E-state index contributed by atoms with van der Waals surface area (Å²) in [5.41, 5.74) is -1.01. The van der Waals surface area contributed by atoms with Gasteiger partial charge in [0, 0.05) is 0 Å². The first-order valence-corrected chi connectivity index (χ1v) is 3.51. The topological polar surface area (TPSA) is 0 Å². The van der Waals surface area contributed by atoms with E-state index in [0.717, 1.165) is 12.1 Å². The Morgan fingerprint density at radius 2 is 1.85 bits per heavy atom. The van der Waals surface area contributed by atoms with Crippen LogP contribution in [0.1, 0.15) is 11.1 Å². The van der Waals surface area contributed by atoms with Gasteiger partial charge in [0.15, 0.2) is 0 Å². The molecule has 0 saturated heterocycles. The van der Waals surface area contributed by atoms with Gasteiger partial charge < -0.3 is 0 Å². The molecular weight excluding hydrogens is 183 g/mol. The molecule has 0 unspecified atom stereocenters. The molecule has 1 aromatic carbocycles. The Bertz CT molecular complexity index is 306. The molecule has 0 bridgehead atoms. The van der Waals surface area contributed by atoms with Crippen LogP contribution in [0.25, 0.3) is 0 Å². The summed E-state index contributed by atoms with van der Waals surface area (Å²) in [4.78, 5) is 0. The molecule has 0 atom stereocenters. The van der Waals surface area contributed by atoms with Gasteiger partial charge in [0.25, 0.3) is 0 Å². The molecule has 1 aromatic rings. The monoisotopic (exact) mass is 188 g/mol. The molecule has 0 aromatic heterocycles. The van der Waals surface area contributed by atoms with Gasteiger partial charge in [-0.25, -0.2) is 4.39 Å². The van der Waals surface area contributed by atoms with Crippen molar-refractivity contribution in [3.05, 3.63) is 35.1 Å². The third-order valence-electron chi connectivity index (χ3n) is 1.59. The summed E-state index contributed by atoms with van der Waals surface area (Å²) in [5.74, 6) is -0.712. The van der Waals surface area contributed by atoms with Crippen LogP contribution in [0.4, 0.5) is 17.6 Å². The maximum atomic E-state index is 12.7. The van der Waals surface area contributed by atoms with Gasteiger partial charge in [-0.2, -0.15) is 13.2 Å². The van der Waals surface area contributed by atoms with Crippen LogP contribution in [0, 0.1) is 5.82 Å². The van der Waals surface area contributed by atoms with E-state index >= 15 is 0 Å². The van der Waals surface area contributed by atoms with Crippen molar-refractivity contribution in [3.8, 4) is 0 Å². The third kappa shape index (κ3) is 2.23. The van der Waals surface area contributed by atoms with Crippen LogP contribution in [0.3, 0.4) is 0 Å². The highest BCUT2D eigenvalue weighted by Crippen LogP contribution is 2.30. The number of hydrogen-bond donors (Lipinski definition) is 0. The maximum Gasteiger partial charge on any atom is 0.416 e. The van der Waals surface area contributed by atoms with E-state index in [1.807, 2.05) is 0 Å². The lowest BCUT2D eigenvalue weighted by Crippen LogP contribution is -2.06. The molecule has 2 radical (unpaired) electrons. The Hall–Kier alpha value is -0.995.